The van der Waals surface area contributed by atoms with Crippen LogP contribution in [0.5, 0.6) is 0 Å². The minimum Gasteiger partial charge on any atom is -0.358 e. The van der Waals surface area contributed by atoms with Gasteiger partial charge in [-0.1, -0.05) is 12.1 Å². The fourth-order valence-corrected chi connectivity index (χ4v) is 2.52. The van der Waals surface area contributed by atoms with Gasteiger partial charge in [0.1, 0.15) is 0 Å². The fourth-order valence-electron chi connectivity index (χ4n) is 2.52. The molecular weight excluding hydrogens is 236 g/mol. The lowest BCUT2D eigenvalue weighted by molar-refractivity contribution is 0.971. The smallest absolute Gasteiger partial charge is 0.0957 e. The highest BCUT2D eigenvalue weighted by atomic mass is 15.1. The maximum atomic E-state index is 5.68. The number of nitrogens with one attached hydrogen (secondary N) is 1. The summed E-state index contributed by atoms with van der Waals surface area (Å²) in [6, 6.07) is 8.26. The number of H-pyrrole nitrogens is 1. The zero-order chi connectivity index (χ0) is 13.4. The molecule has 0 saturated carbocycles. The van der Waals surface area contributed by atoms with Crippen LogP contribution in [0.25, 0.3) is 22.2 Å². The van der Waals surface area contributed by atoms with E-state index in [0.29, 0.717) is 6.54 Å². The third-order valence-corrected chi connectivity index (χ3v) is 3.42. The molecule has 1 aromatic carbocycles. The Morgan fingerprint density at radius 2 is 2.11 bits per heavy atom. The molecule has 0 bridgehead atoms. The summed E-state index contributed by atoms with van der Waals surface area (Å²) < 4.78 is 0. The molecule has 0 radical (unpaired) electrons. The van der Waals surface area contributed by atoms with Gasteiger partial charge in [-0.2, -0.15) is 10.2 Å². The maximum absolute atomic E-state index is 5.68. The summed E-state index contributed by atoms with van der Waals surface area (Å²) in [4.78, 5) is 3.40. The van der Waals surface area contributed by atoms with Gasteiger partial charge in [0, 0.05) is 28.7 Å². The van der Waals surface area contributed by atoms with Gasteiger partial charge >= 0.3 is 0 Å². The van der Waals surface area contributed by atoms with E-state index < -0.39 is 0 Å². The number of hydrogen-bond acceptors (Lipinski definition) is 3. The molecule has 0 fully saturated rings. The van der Waals surface area contributed by atoms with Crippen molar-refractivity contribution in [1.82, 2.24) is 15.2 Å². The first-order chi connectivity index (χ1) is 9.20. The summed E-state index contributed by atoms with van der Waals surface area (Å²) in [5.74, 6) is 0. The Balaban J connectivity index is 2.32. The number of hydrogen-bond donors (Lipinski definition) is 2. The van der Waals surface area contributed by atoms with Crippen LogP contribution in [0.1, 0.15) is 16.8 Å². The van der Waals surface area contributed by atoms with Crippen molar-refractivity contribution < 1.29 is 0 Å². The van der Waals surface area contributed by atoms with Crippen LogP contribution in [0.2, 0.25) is 0 Å². The lowest BCUT2D eigenvalue weighted by atomic mass is 10.0. The molecule has 0 atom stereocenters. The second-order valence-corrected chi connectivity index (χ2v) is 4.78. The lowest BCUT2D eigenvalue weighted by Crippen LogP contribution is -1.99. The molecule has 2 aromatic heterocycles. The first-order valence-corrected chi connectivity index (χ1v) is 6.30. The second-order valence-electron chi connectivity index (χ2n) is 4.78. The summed E-state index contributed by atoms with van der Waals surface area (Å²) in [6.07, 6.45) is 1.71. The minimum atomic E-state index is 0.475. The highest BCUT2D eigenvalue weighted by Gasteiger charge is 2.14. The Bertz CT molecular complexity index is 743. The number of aromatic nitrogens is 3. The van der Waals surface area contributed by atoms with Crippen LogP contribution in [0, 0.1) is 13.8 Å². The Morgan fingerprint density at radius 3 is 2.89 bits per heavy atom. The van der Waals surface area contributed by atoms with Crippen molar-refractivity contribution in [2.75, 3.05) is 0 Å². The molecule has 0 unspecified atom stereocenters. The van der Waals surface area contributed by atoms with Gasteiger partial charge < -0.3 is 10.7 Å². The quantitative estimate of drug-likeness (QED) is 0.736. The van der Waals surface area contributed by atoms with Crippen LogP contribution in [-0.4, -0.2) is 15.2 Å². The largest absolute Gasteiger partial charge is 0.358 e. The monoisotopic (exact) mass is 252 g/mol. The van der Waals surface area contributed by atoms with Crippen LogP contribution >= 0.6 is 0 Å². The standard InChI is InChI=1S/C15H16N4/c1-9-4-3-5-12-14(9)15(10(2)18-12)13-6-11(7-16)8-17-19-13/h3-6,8,18H,7,16H2,1-2H3. The van der Waals surface area contributed by atoms with Crippen molar-refractivity contribution in [3.8, 4) is 11.3 Å². The molecule has 0 aliphatic rings. The molecule has 3 rings (SSSR count). The van der Waals surface area contributed by atoms with Gasteiger partial charge in [-0.15, -0.1) is 0 Å². The van der Waals surface area contributed by atoms with Crippen LogP contribution < -0.4 is 5.73 Å². The molecule has 0 amide bonds. The summed E-state index contributed by atoms with van der Waals surface area (Å²) in [6.45, 7) is 4.65. The van der Waals surface area contributed by atoms with Crippen molar-refractivity contribution in [2.24, 2.45) is 5.73 Å². The summed E-state index contributed by atoms with van der Waals surface area (Å²) in [5, 5.41) is 9.51. The van der Waals surface area contributed by atoms with E-state index >= 15 is 0 Å². The predicted octanol–water partition coefficient (Wildman–Crippen LogP) is 2.70. The molecule has 0 spiro atoms. The zero-order valence-electron chi connectivity index (χ0n) is 11.1. The predicted molar refractivity (Wildman–Crippen MR) is 76.7 cm³/mol. The van der Waals surface area contributed by atoms with E-state index in [-0.39, 0.29) is 0 Å². The van der Waals surface area contributed by atoms with Gasteiger partial charge in [0.25, 0.3) is 0 Å². The van der Waals surface area contributed by atoms with Crippen LogP contribution in [0.3, 0.4) is 0 Å². The topological polar surface area (TPSA) is 67.6 Å². The summed E-state index contributed by atoms with van der Waals surface area (Å²) >= 11 is 0. The van der Waals surface area contributed by atoms with Crippen LogP contribution in [-0.2, 0) is 6.54 Å². The molecule has 4 nitrogen and oxygen atoms in total. The van der Waals surface area contributed by atoms with Crippen LogP contribution in [0.4, 0.5) is 0 Å². The normalized spacial score (nSPS) is 11.1. The van der Waals surface area contributed by atoms with E-state index in [1.165, 1.54) is 10.9 Å². The van der Waals surface area contributed by atoms with E-state index in [2.05, 4.69) is 47.2 Å². The van der Waals surface area contributed by atoms with Crippen LogP contribution in [0.15, 0.2) is 30.5 Å². The third kappa shape index (κ3) is 1.90. The van der Waals surface area contributed by atoms with Gasteiger partial charge in [-0.25, -0.2) is 0 Å². The SMILES string of the molecule is Cc1[nH]c2cccc(C)c2c1-c1cc(CN)cnn1. The van der Waals surface area contributed by atoms with Gasteiger partial charge in [0.2, 0.25) is 0 Å². The van der Waals surface area contributed by atoms with Crippen molar-refractivity contribution in [2.45, 2.75) is 20.4 Å². The first kappa shape index (κ1) is 11.9. The average Bonchev–Trinajstić information content (AvgIpc) is 2.76. The molecule has 3 aromatic rings. The van der Waals surface area contributed by atoms with E-state index in [9.17, 15) is 0 Å². The molecule has 4 heteroatoms. The van der Waals surface area contributed by atoms with Gasteiger partial charge in [0.05, 0.1) is 11.9 Å². The lowest BCUT2D eigenvalue weighted by Gasteiger charge is -2.04. The van der Waals surface area contributed by atoms with Gasteiger partial charge in [-0.05, 0) is 37.1 Å². The number of benzene rings is 1. The molecular formula is C15H16N4. The molecule has 2 heterocycles. The first-order valence-electron chi connectivity index (χ1n) is 6.30. The fraction of sp³-hybridized carbons (Fsp3) is 0.200. The van der Waals surface area contributed by atoms with Crippen molar-refractivity contribution in [3.63, 3.8) is 0 Å². The Kier molecular flexibility index (Phi) is 2.80. The number of fused-ring (bicyclic) bond motifs is 1. The van der Waals surface area contributed by atoms with E-state index in [1.807, 2.05) is 6.07 Å². The summed E-state index contributed by atoms with van der Waals surface area (Å²) in [7, 11) is 0. The highest BCUT2D eigenvalue weighted by Crippen LogP contribution is 2.32. The van der Waals surface area contributed by atoms with Gasteiger partial charge in [0.15, 0.2) is 0 Å². The second kappa shape index (κ2) is 4.48. The Morgan fingerprint density at radius 1 is 1.26 bits per heavy atom. The average molecular weight is 252 g/mol. The number of nitrogens with zero attached hydrogens (tertiary/aromatic N) is 2. The zero-order valence-corrected chi connectivity index (χ0v) is 11.1. The number of aromatic amines is 1. The summed E-state index contributed by atoms with van der Waals surface area (Å²) in [5.41, 5.74) is 12.1. The number of nitrogens with two attached hydrogens (primary N) is 1. The molecule has 3 N–H and O–H groups in total. The molecule has 0 aliphatic heterocycles. The minimum absolute atomic E-state index is 0.475. The van der Waals surface area contributed by atoms with E-state index in [1.54, 1.807) is 6.20 Å². The van der Waals surface area contributed by atoms with Crippen molar-refractivity contribution in [1.29, 1.82) is 0 Å². The highest BCUT2D eigenvalue weighted by molar-refractivity contribution is 5.98. The van der Waals surface area contributed by atoms with Crippen molar-refractivity contribution in [3.05, 3.63) is 47.3 Å². The molecule has 96 valence electrons. The Labute approximate surface area is 111 Å². The third-order valence-electron chi connectivity index (χ3n) is 3.42. The maximum Gasteiger partial charge on any atom is 0.0957 e. The molecule has 0 aliphatic carbocycles. The molecule has 19 heavy (non-hydrogen) atoms. The Hall–Kier alpha value is -2.20. The number of rotatable bonds is 2. The van der Waals surface area contributed by atoms with E-state index in [4.69, 9.17) is 5.73 Å². The van der Waals surface area contributed by atoms with Gasteiger partial charge in [-0.3, -0.25) is 0 Å². The van der Waals surface area contributed by atoms with Crippen molar-refractivity contribution >= 4 is 10.9 Å². The number of aryl methyl sites for hydroxylation is 2. The van der Waals surface area contributed by atoms with E-state index in [0.717, 1.165) is 28.0 Å². The molecule has 0 saturated heterocycles.